The molecule has 0 spiro atoms. The van der Waals surface area contributed by atoms with E-state index >= 15 is 0 Å². The van der Waals surface area contributed by atoms with E-state index in [1.165, 1.54) is 38.9 Å². The summed E-state index contributed by atoms with van der Waals surface area (Å²) >= 11 is 0. The second-order valence-corrected chi connectivity index (χ2v) is 9.50. The van der Waals surface area contributed by atoms with Crippen LogP contribution in [0.5, 0.6) is 5.75 Å². The lowest BCUT2D eigenvalue weighted by atomic mass is 9.79. The van der Waals surface area contributed by atoms with Crippen molar-refractivity contribution in [3.63, 3.8) is 0 Å². The molecule has 1 aliphatic carbocycles. The summed E-state index contributed by atoms with van der Waals surface area (Å²) in [4.78, 5) is 7.32. The van der Waals surface area contributed by atoms with E-state index < -0.39 is 0 Å². The quantitative estimate of drug-likeness (QED) is 0.413. The Morgan fingerprint density at radius 2 is 1.85 bits per heavy atom. The van der Waals surface area contributed by atoms with E-state index in [9.17, 15) is 0 Å². The minimum Gasteiger partial charge on any atom is -0.489 e. The molecule has 2 aromatic heterocycles. The molecule has 3 heterocycles. The van der Waals surface area contributed by atoms with Crippen LogP contribution in [0, 0.1) is 5.92 Å². The van der Waals surface area contributed by atoms with E-state index in [1.54, 1.807) is 0 Å². The van der Waals surface area contributed by atoms with Gasteiger partial charge >= 0.3 is 0 Å². The molecule has 0 amide bonds. The molecule has 0 atom stereocenters. The fourth-order valence-electron chi connectivity index (χ4n) is 5.20. The van der Waals surface area contributed by atoms with Crippen LogP contribution in [-0.4, -0.2) is 34.1 Å². The first-order chi connectivity index (χ1) is 16.2. The van der Waals surface area contributed by atoms with Crippen molar-refractivity contribution < 1.29 is 4.74 Å². The molecule has 2 aliphatic rings. The number of pyridine rings is 1. The Hall–Kier alpha value is -3.31. The smallest absolute Gasteiger partial charge is 0.142 e. The Bertz CT molecular complexity index is 1260. The predicted octanol–water partition coefficient (Wildman–Crippen LogP) is 5.52. The number of ether oxygens (including phenoxy) is 1. The second-order valence-electron chi connectivity index (χ2n) is 9.50. The fraction of sp³-hybridized carbons (Fsp3) is 0.321. The Labute approximate surface area is 194 Å². The average molecular weight is 439 g/mol. The Balaban J connectivity index is 1.27. The number of benzene rings is 2. The molecule has 2 fully saturated rings. The number of nitrogen functional groups attached to an aromatic ring is 1. The van der Waals surface area contributed by atoms with Gasteiger partial charge in [-0.05, 0) is 67.6 Å². The molecule has 6 rings (SSSR count). The zero-order chi connectivity index (χ0) is 22.2. The number of hydrogen-bond acceptors (Lipinski definition) is 4. The van der Waals surface area contributed by atoms with Crippen LogP contribution in [-0.2, 0) is 6.61 Å². The van der Waals surface area contributed by atoms with E-state index in [4.69, 9.17) is 15.5 Å². The molecule has 0 radical (unpaired) electrons. The first kappa shape index (κ1) is 20.3. The summed E-state index contributed by atoms with van der Waals surface area (Å²) in [5.74, 6) is 1.66. The SMILES string of the molecule is Nc1ccnc2c1c(-c1cccc(OCc3ccccc3)c1)cn2[C@H]1C[C@@H](CN2CCC2)C1. The fourth-order valence-corrected chi connectivity index (χ4v) is 5.20. The average Bonchev–Trinajstić information content (AvgIpc) is 3.17. The van der Waals surface area contributed by atoms with Gasteiger partial charge in [-0.1, -0.05) is 42.5 Å². The van der Waals surface area contributed by atoms with Crippen LogP contribution in [0.1, 0.15) is 30.9 Å². The van der Waals surface area contributed by atoms with Gasteiger partial charge in [-0.3, -0.25) is 0 Å². The highest BCUT2D eigenvalue weighted by Crippen LogP contribution is 2.44. The van der Waals surface area contributed by atoms with Crippen molar-refractivity contribution in [3.8, 4) is 16.9 Å². The maximum Gasteiger partial charge on any atom is 0.142 e. The highest BCUT2D eigenvalue weighted by atomic mass is 16.5. The van der Waals surface area contributed by atoms with E-state index in [1.807, 2.05) is 36.5 Å². The van der Waals surface area contributed by atoms with Crippen molar-refractivity contribution in [3.05, 3.63) is 78.6 Å². The molecular weight excluding hydrogens is 408 g/mol. The molecular formula is C28H30N4O. The molecule has 2 N–H and O–H groups in total. The summed E-state index contributed by atoms with van der Waals surface area (Å²) < 4.78 is 8.46. The summed E-state index contributed by atoms with van der Waals surface area (Å²) in [6.45, 7) is 4.35. The largest absolute Gasteiger partial charge is 0.489 e. The molecule has 33 heavy (non-hydrogen) atoms. The number of likely N-dealkylation sites (tertiary alicyclic amines) is 1. The molecule has 1 saturated carbocycles. The molecule has 168 valence electrons. The van der Waals surface area contributed by atoms with Gasteiger partial charge in [0.1, 0.15) is 18.0 Å². The zero-order valence-corrected chi connectivity index (χ0v) is 18.9. The molecule has 5 heteroatoms. The first-order valence-corrected chi connectivity index (χ1v) is 12.0. The number of nitrogens with two attached hydrogens (primary N) is 1. The van der Waals surface area contributed by atoms with Gasteiger partial charge in [0.15, 0.2) is 0 Å². The van der Waals surface area contributed by atoms with Gasteiger partial charge in [0.05, 0.1) is 0 Å². The summed E-state index contributed by atoms with van der Waals surface area (Å²) in [7, 11) is 0. The Kier molecular flexibility index (Phi) is 5.27. The van der Waals surface area contributed by atoms with Crippen LogP contribution in [0.15, 0.2) is 73.1 Å². The van der Waals surface area contributed by atoms with Crippen molar-refractivity contribution >= 4 is 16.7 Å². The second kappa shape index (κ2) is 8.56. The predicted molar refractivity (Wildman–Crippen MR) is 133 cm³/mol. The lowest BCUT2D eigenvalue weighted by Crippen LogP contribution is -2.43. The van der Waals surface area contributed by atoms with Crippen molar-refractivity contribution in [2.45, 2.75) is 31.9 Å². The topological polar surface area (TPSA) is 56.3 Å². The third-order valence-corrected chi connectivity index (χ3v) is 7.21. The minimum atomic E-state index is 0.499. The molecule has 1 aliphatic heterocycles. The van der Waals surface area contributed by atoms with Crippen LogP contribution < -0.4 is 10.5 Å². The van der Waals surface area contributed by atoms with E-state index in [0.29, 0.717) is 12.6 Å². The molecule has 5 nitrogen and oxygen atoms in total. The summed E-state index contributed by atoms with van der Waals surface area (Å²) in [6.07, 6.45) is 7.88. The zero-order valence-electron chi connectivity index (χ0n) is 18.9. The van der Waals surface area contributed by atoms with Gasteiger partial charge in [0.25, 0.3) is 0 Å². The molecule has 2 aromatic carbocycles. The molecule has 0 unspecified atom stereocenters. The van der Waals surface area contributed by atoms with Gasteiger partial charge in [-0.2, -0.15) is 0 Å². The van der Waals surface area contributed by atoms with Crippen LogP contribution in [0.25, 0.3) is 22.2 Å². The van der Waals surface area contributed by atoms with Crippen LogP contribution in [0.2, 0.25) is 0 Å². The monoisotopic (exact) mass is 438 g/mol. The maximum absolute atomic E-state index is 6.47. The maximum atomic E-state index is 6.47. The molecule has 1 saturated heterocycles. The summed E-state index contributed by atoms with van der Waals surface area (Å²) in [5, 5.41) is 1.05. The van der Waals surface area contributed by atoms with E-state index in [2.05, 4.69) is 46.0 Å². The third-order valence-electron chi connectivity index (χ3n) is 7.21. The van der Waals surface area contributed by atoms with Gasteiger partial charge < -0.3 is 19.9 Å². The van der Waals surface area contributed by atoms with Gasteiger partial charge in [0.2, 0.25) is 0 Å². The lowest BCUT2D eigenvalue weighted by Gasteiger charge is -2.42. The van der Waals surface area contributed by atoms with E-state index in [-0.39, 0.29) is 0 Å². The number of anilines is 1. The normalized spacial score (nSPS) is 20.4. The van der Waals surface area contributed by atoms with E-state index in [0.717, 1.165) is 45.1 Å². The number of nitrogens with zero attached hydrogens (tertiary/aromatic N) is 3. The first-order valence-electron chi connectivity index (χ1n) is 12.0. The lowest BCUT2D eigenvalue weighted by molar-refractivity contribution is 0.0921. The van der Waals surface area contributed by atoms with Crippen molar-refractivity contribution in [2.75, 3.05) is 25.4 Å². The number of aromatic nitrogens is 2. The van der Waals surface area contributed by atoms with Crippen LogP contribution in [0.4, 0.5) is 5.69 Å². The summed E-state index contributed by atoms with van der Waals surface area (Å²) in [6, 6.07) is 21.0. The standard InChI is InChI=1S/C28H30N4O/c29-26-10-11-30-28-27(26)25(18-32(28)23-14-21(15-23)17-31-12-5-13-31)22-8-4-9-24(16-22)33-19-20-6-2-1-3-7-20/h1-4,6-11,16,18,21,23H,5,12-15,17,19H2,(H2,29,30)/t21-,23+. The van der Waals surface area contributed by atoms with Crippen molar-refractivity contribution in [1.29, 1.82) is 0 Å². The minimum absolute atomic E-state index is 0.499. The number of rotatable bonds is 7. The molecule has 4 aromatic rings. The van der Waals surface area contributed by atoms with Gasteiger partial charge in [-0.25, -0.2) is 4.98 Å². The number of fused-ring (bicyclic) bond motifs is 1. The Morgan fingerprint density at radius 3 is 2.64 bits per heavy atom. The number of hydrogen-bond donors (Lipinski definition) is 1. The third kappa shape index (κ3) is 3.98. The van der Waals surface area contributed by atoms with Crippen molar-refractivity contribution in [1.82, 2.24) is 14.5 Å². The molecule has 0 bridgehead atoms. The summed E-state index contributed by atoms with van der Waals surface area (Å²) in [5.41, 5.74) is 11.6. The van der Waals surface area contributed by atoms with Gasteiger partial charge in [0, 0.05) is 41.6 Å². The van der Waals surface area contributed by atoms with Gasteiger partial charge in [-0.15, -0.1) is 0 Å². The van der Waals surface area contributed by atoms with Crippen molar-refractivity contribution in [2.24, 2.45) is 5.92 Å². The van der Waals surface area contributed by atoms with Crippen LogP contribution >= 0.6 is 0 Å². The Morgan fingerprint density at radius 1 is 1.00 bits per heavy atom. The highest BCUT2D eigenvalue weighted by molar-refractivity contribution is 6.02. The highest BCUT2D eigenvalue weighted by Gasteiger charge is 2.34. The van der Waals surface area contributed by atoms with Crippen LogP contribution in [0.3, 0.4) is 0 Å².